The maximum absolute atomic E-state index is 6.04. The molecule has 0 saturated carbocycles. The van der Waals surface area contributed by atoms with E-state index in [2.05, 4.69) is 19.3 Å². The summed E-state index contributed by atoms with van der Waals surface area (Å²) in [5.41, 5.74) is 0.0570. The summed E-state index contributed by atoms with van der Waals surface area (Å²) in [4.78, 5) is 0. The standard InChI is InChI=1S/C16H31NO2/c1-3-4-5-6-7-15(17-2)14-8-10-19-16(12-14)9-11-18-13-16/h14-15,17H,3-13H2,1-2H3. The fraction of sp³-hybridized carbons (Fsp3) is 1.00. The molecule has 2 aliphatic rings. The molecule has 3 nitrogen and oxygen atoms in total. The van der Waals surface area contributed by atoms with Gasteiger partial charge >= 0.3 is 0 Å². The van der Waals surface area contributed by atoms with E-state index in [1.807, 2.05) is 0 Å². The minimum absolute atomic E-state index is 0.0570. The highest BCUT2D eigenvalue weighted by atomic mass is 16.6. The molecule has 3 unspecified atom stereocenters. The predicted octanol–water partition coefficient (Wildman–Crippen LogP) is 3.13. The number of unbranched alkanes of at least 4 members (excludes halogenated alkanes) is 3. The van der Waals surface area contributed by atoms with Crippen LogP contribution in [0.3, 0.4) is 0 Å². The summed E-state index contributed by atoms with van der Waals surface area (Å²) in [5.74, 6) is 0.766. The molecule has 0 bridgehead atoms. The van der Waals surface area contributed by atoms with Crippen LogP contribution in [0.2, 0.25) is 0 Å². The Hall–Kier alpha value is -0.120. The second kappa shape index (κ2) is 7.61. The SMILES string of the molecule is CCCCCCC(NC)C1CCOC2(CCOC2)C1. The summed E-state index contributed by atoms with van der Waals surface area (Å²) in [6.45, 7) is 4.89. The maximum Gasteiger partial charge on any atom is 0.0939 e. The summed E-state index contributed by atoms with van der Waals surface area (Å²) in [5, 5.41) is 3.56. The van der Waals surface area contributed by atoms with Crippen LogP contribution in [0.5, 0.6) is 0 Å². The van der Waals surface area contributed by atoms with Gasteiger partial charge < -0.3 is 14.8 Å². The molecular weight excluding hydrogens is 238 g/mol. The fourth-order valence-electron chi connectivity index (χ4n) is 3.68. The Bertz CT molecular complexity index is 251. The third kappa shape index (κ3) is 4.17. The second-order valence-electron chi connectivity index (χ2n) is 6.33. The summed E-state index contributed by atoms with van der Waals surface area (Å²) >= 11 is 0. The number of rotatable bonds is 7. The summed E-state index contributed by atoms with van der Waals surface area (Å²) in [6, 6.07) is 0.665. The molecular formula is C16H31NO2. The Morgan fingerprint density at radius 3 is 2.84 bits per heavy atom. The van der Waals surface area contributed by atoms with Crippen LogP contribution in [-0.2, 0) is 9.47 Å². The summed E-state index contributed by atoms with van der Waals surface area (Å²) in [6.07, 6.45) is 10.2. The van der Waals surface area contributed by atoms with E-state index in [0.29, 0.717) is 6.04 Å². The van der Waals surface area contributed by atoms with E-state index in [0.717, 1.165) is 32.2 Å². The van der Waals surface area contributed by atoms with Crippen molar-refractivity contribution >= 4 is 0 Å². The fourth-order valence-corrected chi connectivity index (χ4v) is 3.68. The minimum atomic E-state index is 0.0570. The Kier molecular flexibility index (Phi) is 6.11. The van der Waals surface area contributed by atoms with E-state index in [9.17, 15) is 0 Å². The lowest BCUT2D eigenvalue weighted by Crippen LogP contribution is -2.46. The molecule has 0 radical (unpaired) electrons. The molecule has 0 aromatic rings. The lowest BCUT2D eigenvalue weighted by molar-refractivity contribution is -0.103. The Balaban J connectivity index is 1.80. The zero-order valence-corrected chi connectivity index (χ0v) is 12.7. The predicted molar refractivity (Wildman–Crippen MR) is 78.4 cm³/mol. The molecule has 2 saturated heterocycles. The smallest absolute Gasteiger partial charge is 0.0939 e. The normalized spacial score (nSPS) is 32.8. The molecule has 3 heteroatoms. The monoisotopic (exact) mass is 269 g/mol. The first kappa shape index (κ1) is 15.3. The second-order valence-corrected chi connectivity index (χ2v) is 6.33. The lowest BCUT2D eigenvalue weighted by atomic mass is 9.79. The number of nitrogens with one attached hydrogen (secondary N) is 1. The van der Waals surface area contributed by atoms with Crippen LogP contribution in [0.4, 0.5) is 0 Å². The van der Waals surface area contributed by atoms with Gasteiger partial charge in [0.15, 0.2) is 0 Å². The van der Waals surface area contributed by atoms with Crippen LogP contribution >= 0.6 is 0 Å². The third-order valence-corrected chi connectivity index (χ3v) is 4.91. The molecule has 0 aromatic heterocycles. The van der Waals surface area contributed by atoms with Crippen LogP contribution in [-0.4, -0.2) is 38.5 Å². The van der Waals surface area contributed by atoms with Crippen LogP contribution in [0.1, 0.15) is 58.3 Å². The van der Waals surface area contributed by atoms with Gasteiger partial charge in [-0.2, -0.15) is 0 Å². The van der Waals surface area contributed by atoms with Gasteiger partial charge in [-0.05, 0) is 32.2 Å². The van der Waals surface area contributed by atoms with Crippen molar-refractivity contribution < 1.29 is 9.47 Å². The quantitative estimate of drug-likeness (QED) is 0.720. The Labute approximate surface area is 118 Å². The van der Waals surface area contributed by atoms with Gasteiger partial charge in [-0.3, -0.25) is 0 Å². The van der Waals surface area contributed by atoms with E-state index >= 15 is 0 Å². The zero-order chi connectivity index (χ0) is 13.6. The van der Waals surface area contributed by atoms with Gasteiger partial charge in [-0.15, -0.1) is 0 Å². The minimum Gasteiger partial charge on any atom is -0.378 e. The van der Waals surface area contributed by atoms with Crippen molar-refractivity contribution in [3.63, 3.8) is 0 Å². The largest absolute Gasteiger partial charge is 0.378 e. The van der Waals surface area contributed by atoms with Gasteiger partial charge in [0.1, 0.15) is 0 Å². The van der Waals surface area contributed by atoms with Gasteiger partial charge in [0.2, 0.25) is 0 Å². The first-order valence-electron chi connectivity index (χ1n) is 8.18. The number of hydrogen-bond acceptors (Lipinski definition) is 3. The van der Waals surface area contributed by atoms with Crippen LogP contribution in [0, 0.1) is 5.92 Å². The summed E-state index contributed by atoms with van der Waals surface area (Å²) < 4.78 is 11.6. The molecule has 1 N–H and O–H groups in total. The van der Waals surface area contributed by atoms with E-state index in [1.54, 1.807) is 0 Å². The van der Waals surface area contributed by atoms with Gasteiger partial charge in [0.05, 0.1) is 12.2 Å². The lowest BCUT2D eigenvalue weighted by Gasteiger charge is -2.40. The van der Waals surface area contributed by atoms with Crippen molar-refractivity contribution in [3.05, 3.63) is 0 Å². The number of hydrogen-bond donors (Lipinski definition) is 1. The molecule has 2 rings (SSSR count). The van der Waals surface area contributed by atoms with E-state index in [4.69, 9.17) is 9.47 Å². The van der Waals surface area contributed by atoms with Crippen LogP contribution in [0.15, 0.2) is 0 Å². The van der Waals surface area contributed by atoms with Crippen molar-refractivity contribution in [3.8, 4) is 0 Å². The highest BCUT2D eigenvalue weighted by Crippen LogP contribution is 2.37. The molecule has 2 aliphatic heterocycles. The Morgan fingerprint density at radius 1 is 1.26 bits per heavy atom. The molecule has 0 aromatic carbocycles. The Morgan fingerprint density at radius 2 is 2.16 bits per heavy atom. The average molecular weight is 269 g/mol. The third-order valence-electron chi connectivity index (χ3n) is 4.91. The highest BCUT2D eigenvalue weighted by molar-refractivity contribution is 4.93. The van der Waals surface area contributed by atoms with E-state index in [1.165, 1.54) is 44.9 Å². The van der Waals surface area contributed by atoms with Gasteiger partial charge in [-0.1, -0.05) is 32.6 Å². The van der Waals surface area contributed by atoms with Crippen molar-refractivity contribution in [1.82, 2.24) is 5.32 Å². The van der Waals surface area contributed by atoms with Crippen molar-refractivity contribution in [1.29, 1.82) is 0 Å². The van der Waals surface area contributed by atoms with E-state index in [-0.39, 0.29) is 5.60 Å². The summed E-state index contributed by atoms with van der Waals surface area (Å²) in [7, 11) is 2.12. The van der Waals surface area contributed by atoms with Gasteiger partial charge in [0.25, 0.3) is 0 Å². The molecule has 2 fully saturated rings. The molecule has 0 amide bonds. The molecule has 112 valence electrons. The molecule has 3 atom stereocenters. The van der Waals surface area contributed by atoms with Crippen LogP contribution in [0.25, 0.3) is 0 Å². The van der Waals surface area contributed by atoms with Crippen molar-refractivity contribution in [2.24, 2.45) is 5.92 Å². The van der Waals surface area contributed by atoms with Crippen LogP contribution < -0.4 is 5.32 Å². The zero-order valence-electron chi connectivity index (χ0n) is 12.7. The number of ether oxygens (including phenoxy) is 2. The van der Waals surface area contributed by atoms with Gasteiger partial charge in [-0.25, -0.2) is 0 Å². The molecule has 2 heterocycles. The molecule has 0 aliphatic carbocycles. The average Bonchev–Trinajstić information content (AvgIpc) is 2.87. The first-order valence-corrected chi connectivity index (χ1v) is 8.18. The maximum atomic E-state index is 6.04. The first-order chi connectivity index (χ1) is 9.29. The molecule has 19 heavy (non-hydrogen) atoms. The highest BCUT2D eigenvalue weighted by Gasteiger charge is 2.42. The van der Waals surface area contributed by atoms with Gasteiger partial charge in [0, 0.05) is 25.7 Å². The molecule has 1 spiro atoms. The van der Waals surface area contributed by atoms with E-state index < -0.39 is 0 Å². The van der Waals surface area contributed by atoms with Crippen molar-refractivity contribution in [2.75, 3.05) is 26.9 Å². The topological polar surface area (TPSA) is 30.5 Å². The van der Waals surface area contributed by atoms with Crippen molar-refractivity contribution in [2.45, 2.75) is 69.9 Å².